The van der Waals surface area contributed by atoms with Crippen molar-refractivity contribution in [3.8, 4) is 17.2 Å². The quantitative estimate of drug-likeness (QED) is 0.708. The third-order valence-corrected chi connectivity index (χ3v) is 3.14. The van der Waals surface area contributed by atoms with Gasteiger partial charge in [-0.05, 0) is 12.1 Å². The highest BCUT2D eigenvalue weighted by Gasteiger charge is 2.19. The van der Waals surface area contributed by atoms with E-state index in [1.807, 2.05) is 0 Å². The van der Waals surface area contributed by atoms with Crippen molar-refractivity contribution in [3.05, 3.63) is 17.7 Å². The fourth-order valence-corrected chi connectivity index (χ4v) is 1.89. The maximum Gasteiger partial charge on any atom is 0.307 e. The molecule has 1 amide bonds. The van der Waals surface area contributed by atoms with Gasteiger partial charge in [0.25, 0.3) is 5.91 Å². The van der Waals surface area contributed by atoms with Crippen molar-refractivity contribution < 1.29 is 28.5 Å². The number of esters is 1. The van der Waals surface area contributed by atoms with Gasteiger partial charge in [-0.15, -0.1) is 0 Å². The summed E-state index contributed by atoms with van der Waals surface area (Å²) >= 11 is 0. The fraction of sp³-hybridized carbons (Fsp3) is 0.467. The standard InChI is InChI=1S/C15H21NO6/c1-16(7-6-13(17)21-4)15(18)10-8-11(19-2)14(22-5)12(9-10)20-3/h8-9H,6-7H2,1-5H3. The lowest BCUT2D eigenvalue weighted by molar-refractivity contribution is -0.140. The molecule has 0 saturated heterocycles. The van der Waals surface area contributed by atoms with Gasteiger partial charge in [-0.3, -0.25) is 9.59 Å². The average molecular weight is 311 g/mol. The molecule has 7 heteroatoms. The first-order valence-electron chi connectivity index (χ1n) is 6.60. The summed E-state index contributed by atoms with van der Waals surface area (Å²) in [5.41, 5.74) is 0.377. The highest BCUT2D eigenvalue weighted by Crippen LogP contribution is 2.38. The Hall–Kier alpha value is -2.44. The zero-order valence-electron chi connectivity index (χ0n) is 13.5. The van der Waals surface area contributed by atoms with E-state index in [0.717, 1.165) is 0 Å². The average Bonchev–Trinajstić information content (AvgIpc) is 2.56. The molecular formula is C15H21NO6. The van der Waals surface area contributed by atoms with Gasteiger partial charge >= 0.3 is 5.97 Å². The highest BCUT2D eigenvalue weighted by atomic mass is 16.5. The minimum Gasteiger partial charge on any atom is -0.493 e. The van der Waals surface area contributed by atoms with E-state index in [9.17, 15) is 9.59 Å². The third kappa shape index (κ3) is 4.03. The molecule has 0 saturated carbocycles. The van der Waals surface area contributed by atoms with Crippen molar-refractivity contribution >= 4 is 11.9 Å². The van der Waals surface area contributed by atoms with E-state index in [4.69, 9.17) is 14.2 Å². The van der Waals surface area contributed by atoms with Crippen LogP contribution in [0, 0.1) is 0 Å². The van der Waals surface area contributed by atoms with Gasteiger partial charge in [-0.2, -0.15) is 0 Å². The van der Waals surface area contributed by atoms with Gasteiger partial charge in [0.2, 0.25) is 5.75 Å². The van der Waals surface area contributed by atoms with Crippen LogP contribution >= 0.6 is 0 Å². The maximum absolute atomic E-state index is 12.4. The zero-order valence-corrected chi connectivity index (χ0v) is 13.5. The van der Waals surface area contributed by atoms with Crippen molar-refractivity contribution in [2.45, 2.75) is 6.42 Å². The van der Waals surface area contributed by atoms with Gasteiger partial charge in [0, 0.05) is 19.2 Å². The van der Waals surface area contributed by atoms with Crippen LogP contribution in [0.2, 0.25) is 0 Å². The Labute approximate surface area is 129 Å². The molecule has 0 aliphatic rings. The van der Waals surface area contributed by atoms with E-state index >= 15 is 0 Å². The molecule has 0 unspecified atom stereocenters. The number of methoxy groups -OCH3 is 4. The van der Waals surface area contributed by atoms with E-state index in [2.05, 4.69) is 4.74 Å². The molecule has 0 N–H and O–H groups in total. The van der Waals surface area contributed by atoms with E-state index in [0.29, 0.717) is 22.8 Å². The molecule has 0 fully saturated rings. The molecule has 22 heavy (non-hydrogen) atoms. The number of ether oxygens (including phenoxy) is 4. The van der Waals surface area contributed by atoms with Crippen LogP contribution in [0.15, 0.2) is 12.1 Å². The van der Waals surface area contributed by atoms with Crippen LogP contribution in [-0.4, -0.2) is 58.8 Å². The fourth-order valence-electron chi connectivity index (χ4n) is 1.89. The van der Waals surface area contributed by atoms with Gasteiger partial charge in [0.1, 0.15) is 0 Å². The zero-order chi connectivity index (χ0) is 16.7. The SMILES string of the molecule is COC(=O)CCN(C)C(=O)c1cc(OC)c(OC)c(OC)c1. The van der Waals surface area contributed by atoms with Gasteiger partial charge in [0.05, 0.1) is 34.9 Å². The number of carbonyl (C=O) groups is 2. The summed E-state index contributed by atoms with van der Waals surface area (Å²) in [6.45, 7) is 0.252. The number of amides is 1. The van der Waals surface area contributed by atoms with Crippen LogP contribution in [0.25, 0.3) is 0 Å². The molecule has 0 aromatic heterocycles. The van der Waals surface area contributed by atoms with Gasteiger partial charge in [0.15, 0.2) is 11.5 Å². The Morgan fingerprint density at radius 2 is 1.55 bits per heavy atom. The van der Waals surface area contributed by atoms with Crippen molar-refractivity contribution in [1.82, 2.24) is 4.90 Å². The molecule has 1 aromatic carbocycles. The molecule has 7 nitrogen and oxygen atoms in total. The van der Waals surface area contributed by atoms with E-state index in [1.165, 1.54) is 33.3 Å². The maximum atomic E-state index is 12.4. The summed E-state index contributed by atoms with van der Waals surface area (Å²) in [4.78, 5) is 25.0. The molecule has 1 aromatic rings. The predicted molar refractivity (Wildman–Crippen MR) is 79.7 cm³/mol. The van der Waals surface area contributed by atoms with Crippen LogP contribution in [0.3, 0.4) is 0 Å². The van der Waals surface area contributed by atoms with Gasteiger partial charge in [-0.1, -0.05) is 0 Å². The van der Waals surface area contributed by atoms with Crippen LogP contribution in [-0.2, 0) is 9.53 Å². The van der Waals surface area contributed by atoms with E-state index in [-0.39, 0.29) is 24.8 Å². The Morgan fingerprint density at radius 1 is 1.00 bits per heavy atom. The minimum atomic E-state index is -0.371. The number of benzene rings is 1. The number of hydrogen-bond acceptors (Lipinski definition) is 6. The van der Waals surface area contributed by atoms with Crippen LogP contribution in [0.4, 0.5) is 0 Å². The van der Waals surface area contributed by atoms with Crippen LogP contribution < -0.4 is 14.2 Å². The van der Waals surface area contributed by atoms with Crippen molar-refractivity contribution in [3.63, 3.8) is 0 Å². The lowest BCUT2D eigenvalue weighted by Gasteiger charge is -2.19. The monoisotopic (exact) mass is 311 g/mol. The Kier molecular flexibility index (Phi) is 6.49. The Morgan fingerprint density at radius 3 is 1.95 bits per heavy atom. The summed E-state index contributed by atoms with van der Waals surface area (Å²) in [6.07, 6.45) is 0.128. The molecule has 0 radical (unpaired) electrons. The molecule has 0 atom stereocenters. The van der Waals surface area contributed by atoms with Gasteiger partial charge < -0.3 is 23.8 Å². The summed E-state index contributed by atoms with van der Waals surface area (Å²) in [5, 5.41) is 0. The minimum absolute atomic E-state index is 0.128. The number of hydrogen-bond donors (Lipinski definition) is 0. The normalized spacial score (nSPS) is 9.86. The lowest BCUT2D eigenvalue weighted by atomic mass is 10.1. The first-order chi connectivity index (χ1) is 10.5. The summed E-state index contributed by atoms with van der Waals surface area (Å²) in [7, 11) is 7.36. The highest BCUT2D eigenvalue weighted by molar-refractivity contribution is 5.95. The summed E-state index contributed by atoms with van der Waals surface area (Å²) < 4.78 is 20.2. The van der Waals surface area contributed by atoms with Crippen LogP contribution in [0.5, 0.6) is 17.2 Å². The third-order valence-electron chi connectivity index (χ3n) is 3.14. The second-order valence-corrected chi connectivity index (χ2v) is 4.47. The topological polar surface area (TPSA) is 74.3 Å². The van der Waals surface area contributed by atoms with E-state index < -0.39 is 0 Å². The van der Waals surface area contributed by atoms with Crippen molar-refractivity contribution in [2.75, 3.05) is 42.0 Å². The molecule has 0 aliphatic carbocycles. The number of carbonyl (C=O) groups excluding carboxylic acids is 2. The summed E-state index contributed by atoms with van der Waals surface area (Å²) in [6, 6.07) is 3.14. The van der Waals surface area contributed by atoms with Crippen molar-refractivity contribution in [1.29, 1.82) is 0 Å². The number of nitrogens with zero attached hydrogens (tertiary/aromatic N) is 1. The van der Waals surface area contributed by atoms with Crippen molar-refractivity contribution in [2.24, 2.45) is 0 Å². The molecule has 1 rings (SSSR count). The molecule has 0 aliphatic heterocycles. The first-order valence-corrected chi connectivity index (χ1v) is 6.60. The van der Waals surface area contributed by atoms with E-state index in [1.54, 1.807) is 19.2 Å². The molecule has 122 valence electrons. The molecule has 0 heterocycles. The lowest BCUT2D eigenvalue weighted by Crippen LogP contribution is -2.29. The molecule has 0 spiro atoms. The smallest absolute Gasteiger partial charge is 0.307 e. The molecule has 0 bridgehead atoms. The first kappa shape index (κ1) is 17.6. The second kappa shape index (κ2) is 8.11. The summed E-state index contributed by atoms with van der Waals surface area (Å²) in [5.74, 6) is 0.574. The largest absolute Gasteiger partial charge is 0.493 e. The molecular weight excluding hydrogens is 290 g/mol. The Bertz CT molecular complexity index is 518. The van der Waals surface area contributed by atoms with Gasteiger partial charge in [-0.25, -0.2) is 0 Å². The second-order valence-electron chi connectivity index (χ2n) is 4.47. The predicted octanol–water partition coefficient (Wildman–Crippen LogP) is 1.35. The number of rotatable bonds is 7. The Balaban J connectivity index is 3.00. The van der Waals surface area contributed by atoms with Crippen LogP contribution in [0.1, 0.15) is 16.8 Å².